The van der Waals surface area contributed by atoms with Crippen molar-refractivity contribution in [3.63, 3.8) is 0 Å². The summed E-state index contributed by atoms with van der Waals surface area (Å²) in [5, 5.41) is 12.6. The third-order valence-corrected chi connectivity index (χ3v) is 3.67. The van der Waals surface area contributed by atoms with Gasteiger partial charge in [0.15, 0.2) is 0 Å². The molecule has 2 N–H and O–H groups in total. The largest absolute Gasteiger partial charge is 0.491 e. The van der Waals surface area contributed by atoms with Crippen LogP contribution in [0.3, 0.4) is 0 Å². The highest BCUT2D eigenvalue weighted by Gasteiger charge is 2.10. The monoisotopic (exact) mass is 346 g/mol. The highest BCUT2D eigenvalue weighted by Crippen LogP contribution is 2.12. The van der Waals surface area contributed by atoms with Crippen molar-refractivity contribution >= 4 is 5.91 Å². The molecule has 134 valence electrons. The summed E-state index contributed by atoms with van der Waals surface area (Å²) in [5.41, 5.74) is 1.66. The van der Waals surface area contributed by atoms with E-state index in [0.717, 1.165) is 5.56 Å². The van der Waals surface area contributed by atoms with E-state index in [-0.39, 0.29) is 18.3 Å². The van der Waals surface area contributed by atoms with Gasteiger partial charge in [0, 0.05) is 25.7 Å². The van der Waals surface area contributed by atoms with Gasteiger partial charge in [0.25, 0.3) is 5.91 Å². The molecule has 6 heteroatoms. The van der Waals surface area contributed by atoms with Gasteiger partial charge in [-0.3, -0.25) is 9.69 Å². The number of carbonyl (C=O) groups is 1. The second-order valence-electron chi connectivity index (χ2n) is 5.89. The van der Waals surface area contributed by atoms with Gasteiger partial charge in [-0.2, -0.15) is 0 Å². The first kappa shape index (κ1) is 18.9. The van der Waals surface area contributed by atoms with E-state index in [4.69, 9.17) is 4.74 Å². The van der Waals surface area contributed by atoms with Crippen molar-refractivity contribution in [2.45, 2.75) is 12.6 Å². The maximum absolute atomic E-state index is 12.8. The Morgan fingerprint density at radius 1 is 1.20 bits per heavy atom. The highest BCUT2D eigenvalue weighted by molar-refractivity contribution is 5.93. The summed E-state index contributed by atoms with van der Waals surface area (Å²) in [4.78, 5) is 13.5. The van der Waals surface area contributed by atoms with Gasteiger partial charge in [0.05, 0.1) is 0 Å². The Morgan fingerprint density at radius 3 is 2.44 bits per heavy atom. The molecule has 0 saturated heterocycles. The Kier molecular flexibility index (Phi) is 6.91. The molecule has 25 heavy (non-hydrogen) atoms. The molecule has 0 aromatic heterocycles. The van der Waals surface area contributed by atoms with Crippen LogP contribution in [-0.4, -0.2) is 49.3 Å². The molecule has 0 saturated carbocycles. The highest BCUT2D eigenvalue weighted by atomic mass is 19.1. The molecule has 0 aliphatic carbocycles. The Hall–Kier alpha value is -2.44. The van der Waals surface area contributed by atoms with Crippen LogP contribution in [-0.2, 0) is 6.54 Å². The molecule has 1 unspecified atom stereocenters. The molecule has 0 radical (unpaired) electrons. The molecular formula is C19H23FN2O3. The first-order valence-corrected chi connectivity index (χ1v) is 8.04. The number of carbonyl (C=O) groups excluding carboxylic acids is 1. The van der Waals surface area contributed by atoms with Crippen LogP contribution in [0.1, 0.15) is 15.9 Å². The van der Waals surface area contributed by atoms with E-state index in [1.807, 2.05) is 24.1 Å². The second kappa shape index (κ2) is 9.15. The van der Waals surface area contributed by atoms with Crippen LogP contribution in [0.25, 0.3) is 0 Å². The molecule has 1 atom stereocenters. The number of aliphatic hydroxyl groups is 1. The summed E-state index contributed by atoms with van der Waals surface area (Å²) in [6.07, 6.45) is -0.666. The minimum absolute atomic E-state index is 0.117. The van der Waals surface area contributed by atoms with Crippen molar-refractivity contribution in [1.82, 2.24) is 10.2 Å². The van der Waals surface area contributed by atoms with Gasteiger partial charge in [-0.25, -0.2) is 4.39 Å². The van der Waals surface area contributed by atoms with Crippen LogP contribution >= 0.6 is 0 Å². The molecule has 0 aliphatic rings. The first-order chi connectivity index (χ1) is 12.0. The summed E-state index contributed by atoms with van der Waals surface area (Å²) in [7, 11) is 3.49. The number of hydrogen-bond donors (Lipinski definition) is 2. The number of rotatable bonds is 8. The minimum atomic E-state index is -0.666. The molecule has 2 aromatic carbocycles. The molecule has 0 spiro atoms. The van der Waals surface area contributed by atoms with E-state index in [9.17, 15) is 14.3 Å². The summed E-state index contributed by atoms with van der Waals surface area (Å²) in [6.45, 7) is 1.20. The molecule has 0 bridgehead atoms. The number of benzene rings is 2. The third kappa shape index (κ3) is 6.17. The lowest BCUT2D eigenvalue weighted by Crippen LogP contribution is -2.32. The minimum Gasteiger partial charge on any atom is -0.491 e. The van der Waals surface area contributed by atoms with Crippen LogP contribution in [0, 0.1) is 5.82 Å². The van der Waals surface area contributed by atoms with Crippen molar-refractivity contribution in [1.29, 1.82) is 0 Å². The fraction of sp³-hybridized carbons (Fsp3) is 0.316. The van der Waals surface area contributed by atoms with E-state index in [1.165, 1.54) is 24.3 Å². The molecule has 1 amide bonds. The number of nitrogens with one attached hydrogen (secondary N) is 1. The Morgan fingerprint density at radius 2 is 1.84 bits per heavy atom. The van der Waals surface area contributed by atoms with E-state index in [1.54, 1.807) is 19.2 Å². The maximum Gasteiger partial charge on any atom is 0.251 e. The number of halogens is 1. The lowest BCUT2D eigenvalue weighted by Gasteiger charge is -2.21. The SMILES string of the molecule is CNC(=O)c1ccc(CN(C)CC(O)COc2ccc(F)cc2)cc1. The van der Waals surface area contributed by atoms with Gasteiger partial charge >= 0.3 is 0 Å². The molecule has 2 rings (SSSR count). The Balaban J connectivity index is 1.77. The van der Waals surface area contributed by atoms with Gasteiger partial charge < -0.3 is 15.2 Å². The normalized spacial score (nSPS) is 12.0. The zero-order valence-electron chi connectivity index (χ0n) is 14.4. The van der Waals surface area contributed by atoms with Crippen molar-refractivity contribution in [2.24, 2.45) is 0 Å². The smallest absolute Gasteiger partial charge is 0.251 e. The number of ether oxygens (including phenoxy) is 1. The quantitative estimate of drug-likeness (QED) is 0.768. The number of likely N-dealkylation sites (N-methyl/N-ethyl adjacent to an activating group) is 1. The van der Waals surface area contributed by atoms with Crippen molar-refractivity contribution in [2.75, 3.05) is 27.2 Å². The predicted molar refractivity (Wildman–Crippen MR) is 94.1 cm³/mol. The molecule has 0 aliphatic heterocycles. The Bertz CT molecular complexity index is 674. The van der Waals surface area contributed by atoms with Crippen LogP contribution in [0.4, 0.5) is 4.39 Å². The summed E-state index contributed by atoms with van der Waals surface area (Å²) < 4.78 is 18.3. The van der Waals surface area contributed by atoms with Crippen LogP contribution in [0.5, 0.6) is 5.75 Å². The maximum atomic E-state index is 12.8. The van der Waals surface area contributed by atoms with E-state index in [0.29, 0.717) is 24.4 Å². The van der Waals surface area contributed by atoms with E-state index < -0.39 is 6.10 Å². The topological polar surface area (TPSA) is 61.8 Å². The van der Waals surface area contributed by atoms with Crippen molar-refractivity contribution in [3.8, 4) is 5.75 Å². The first-order valence-electron chi connectivity index (χ1n) is 8.04. The van der Waals surface area contributed by atoms with Gasteiger partial charge in [0.1, 0.15) is 24.3 Å². The average Bonchev–Trinajstić information content (AvgIpc) is 2.61. The summed E-state index contributed by atoms with van der Waals surface area (Å²) in [5.74, 6) is 0.0798. The lowest BCUT2D eigenvalue weighted by molar-refractivity contribution is 0.0743. The van der Waals surface area contributed by atoms with Crippen LogP contribution < -0.4 is 10.1 Å². The number of aliphatic hydroxyl groups excluding tert-OH is 1. The fourth-order valence-corrected chi connectivity index (χ4v) is 2.42. The van der Waals surface area contributed by atoms with Crippen molar-refractivity contribution in [3.05, 3.63) is 65.5 Å². The molecule has 5 nitrogen and oxygen atoms in total. The van der Waals surface area contributed by atoms with Gasteiger partial charge in [0.2, 0.25) is 0 Å². The lowest BCUT2D eigenvalue weighted by atomic mass is 10.1. The average molecular weight is 346 g/mol. The molecule has 0 heterocycles. The van der Waals surface area contributed by atoms with E-state index >= 15 is 0 Å². The van der Waals surface area contributed by atoms with Gasteiger partial charge in [-0.15, -0.1) is 0 Å². The standard InChI is InChI=1S/C19H23FN2O3/c1-21-19(24)15-5-3-14(4-6-15)11-22(2)12-17(23)13-25-18-9-7-16(20)8-10-18/h3-10,17,23H,11-13H2,1-2H3,(H,21,24). The second-order valence-corrected chi connectivity index (χ2v) is 5.89. The van der Waals surface area contributed by atoms with Gasteiger partial charge in [-0.1, -0.05) is 12.1 Å². The van der Waals surface area contributed by atoms with Crippen molar-refractivity contribution < 1.29 is 19.0 Å². The third-order valence-electron chi connectivity index (χ3n) is 3.67. The summed E-state index contributed by atoms with van der Waals surface area (Å²) in [6, 6.07) is 13.0. The van der Waals surface area contributed by atoms with E-state index in [2.05, 4.69) is 5.32 Å². The van der Waals surface area contributed by atoms with Gasteiger partial charge in [-0.05, 0) is 49.0 Å². The summed E-state index contributed by atoms with van der Waals surface area (Å²) >= 11 is 0. The molecule has 2 aromatic rings. The zero-order valence-corrected chi connectivity index (χ0v) is 14.4. The van der Waals surface area contributed by atoms with Crippen LogP contribution in [0.15, 0.2) is 48.5 Å². The zero-order chi connectivity index (χ0) is 18.2. The Labute approximate surface area is 147 Å². The number of hydrogen-bond acceptors (Lipinski definition) is 4. The number of nitrogens with zero attached hydrogens (tertiary/aromatic N) is 1. The molecular weight excluding hydrogens is 323 g/mol. The fourth-order valence-electron chi connectivity index (χ4n) is 2.42. The van der Waals surface area contributed by atoms with Crippen LogP contribution in [0.2, 0.25) is 0 Å². The molecule has 0 fully saturated rings. The predicted octanol–water partition coefficient (Wildman–Crippen LogP) is 2.06. The number of amides is 1.